The van der Waals surface area contributed by atoms with Crippen molar-refractivity contribution >= 4 is 34.9 Å². The number of amides is 1. The maximum absolute atomic E-state index is 12.8. The van der Waals surface area contributed by atoms with E-state index < -0.39 is 0 Å². The van der Waals surface area contributed by atoms with Crippen molar-refractivity contribution in [3.8, 4) is 11.3 Å². The zero-order chi connectivity index (χ0) is 20.2. The average molecular weight is 428 g/mol. The molecule has 4 rings (SSSR count). The number of halogens is 1. The summed E-state index contributed by atoms with van der Waals surface area (Å²) in [5.41, 5.74) is 1.73. The lowest BCUT2D eigenvalue weighted by Crippen LogP contribution is -2.30. The van der Waals surface area contributed by atoms with Gasteiger partial charge in [0.2, 0.25) is 0 Å². The Balaban J connectivity index is 1.56. The molecule has 3 aromatic heterocycles. The highest BCUT2D eigenvalue weighted by atomic mass is 35.5. The summed E-state index contributed by atoms with van der Waals surface area (Å²) in [6.07, 6.45) is 4.62. The Morgan fingerprint density at radius 3 is 2.86 bits per heavy atom. The van der Waals surface area contributed by atoms with Gasteiger partial charge in [-0.1, -0.05) is 22.8 Å². The number of nitrogens with one attached hydrogen (secondary N) is 1. The molecule has 0 saturated heterocycles. The minimum Gasteiger partial charge on any atom is -0.355 e. The van der Waals surface area contributed by atoms with Gasteiger partial charge in [0.25, 0.3) is 5.91 Å². The number of aromatic nitrogens is 4. The van der Waals surface area contributed by atoms with E-state index in [1.54, 1.807) is 30.0 Å². The third-order valence-corrected chi connectivity index (χ3v) is 5.34. The van der Waals surface area contributed by atoms with Crippen LogP contribution in [0.2, 0.25) is 5.02 Å². The molecule has 0 bridgehead atoms. The van der Waals surface area contributed by atoms with E-state index >= 15 is 0 Å². The third kappa shape index (κ3) is 4.28. The SMILES string of the molecule is CSCCC(NC(=O)c1cc(-c2ccc(Cl)cc2)on1)c1nnc2ccccn12. The molecule has 1 amide bonds. The summed E-state index contributed by atoms with van der Waals surface area (Å²) in [7, 11) is 0. The molecule has 0 aliphatic rings. The quantitative estimate of drug-likeness (QED) is 0.474. The van der Waals surface area contributed by atoms with E-state index in [4.69, 9.17) is 16.1 Å². The number of thioether (sulfide) groups is 1. The van der Waals surface area contributed by atoms with Gasteiger partial charge >= 0.3 is 0 Å². The Hall–Kier alpha value is -2.84. The second kappa shape index (κ2) is 8.67. The van der Waals surface area contributed by atoms with E-state index in [2.05, 4.69) is 20.7 Å². The van der Waals surface area contributed by atoms with Gasteiger partial charge in [-0.2, -0.15) is 11.8 Å². The monoisotopic (exact) mass is 427 g/mol. The molecular formula is C20H18ClN5O2S. The molecule has 148 valence electrons. The molecule has 3 heterocycles. The molecule has 7 nitrogen and oxygen atoms in total. The number of hydrogen-bond acceptors (Lipinski definition) is 6. The summed E-state index contributed by atoms with van der Waals surface area (Å²) < 4.78 is 7.23. The Morgan fingerprint density at radius 2 is 2.07 bits per heavy atom. The molecule has 0 saturated carbocycles. The van der Waals surface area contributed by atoms with Gasteiger partial charge in [-0.25, -0.2) is 0 Å². The molecule has 0 spiro atoms. The standard InChI is InChI=1S/C20H18ClN5O2S/c1-29-11-9-15(19-24-23-18-4-2-3-10-26(18)19)22-20(27)16-12-17(28-25-16)13-5-7-14(21)8-6-13/h2-8,10,12,15H,9,11H2,1H3,(H,22,27). The number of carbonyl (C=O) groups is 1. The molecular weight excluding hydrogens is 410 g/mol. The van der Waals surface area contributed by atoms with Gasteiger partial charge in [-0.15, -0.1) is 10.2 Å². The Kier molecular flexibility index (Phi) is 5.82. The first kappa shape index (κ1) is 19.5. The van der Waals surface area contributed by atoms with Gasteiger partial charge in [0.15, 0.2) is 22.9 Å². The zero-order valence-electron chi connectivity index (χ0n) is 15.6. The zero-order valence-corrected chi connectivity index (χ0v) is 17.2. The summed E-state index contributed by atoms with van der Waals surface area (Å²) in [5.74, 6) is 1.72. The molecule has 1 aromatic carbocycles. The van der Waals surface area contributed by atoms with Crippen LogP contribution in [0.5, 0.6) is 0 Å². The van der Waals surface area contributed by atoms with Crippen molar-refractivity contribution in [2.24, 2.45) is 0 Å². The van der Waals surface area contributed by atoms with E-state index in [0.29, 0.717) is 23.0 Å². The van der Waals surface area contributed by atoms with Crippen LogP contribution in [0, 0.1) is 0 Å². The van der Waals surface area contributed by atoms with Crippen LogP contribution >= 0.6 is 23.4 Å². The van der Waals surface area contributed by atoms with E-state index in [-0.39, 0.29) is 17.6 Å². The normalized spacial score (nSPS) is 12.2. The van der Waals surface area contributed by atoms with E-state index in [1.165, 1.54) is 0 Å². The van der Waals surface area contributed by atoms with Crippen molar-refractivity contribution < 1.29 is 9.32 Å². The topological polar surface area (TPSA) is 85.3 Å². The summed E-state index contributed by atoms with van der Waals surface area (Å²) in [6.45, 7) is 0. The van der Waals surface area contributed by atoms with Crippen LogP contribution in [0.25, 0.3) is 17.0 Å². The highest BCUT2D eigenvalue weighted by Gasteiger charge is 2.23. The van der Waals surface area contributed by atoms with Crippen molar-refractivity contribution in [1.29, 1.82) is 0 Å². The third-order valence-electron chi connectivity index (χ3n) is 4.44. The highest BCUT2D eigenvalue weighted by Crippen LogP contribution is 2.23. The number of pyridine rings is 1. The maximum atomic E-state index is 12.8. The van der Waals surface area contributed by atoms with Gasteiger partial charge < -0.3 is 9.84 Å². The van der Waals surface area contributed by atoms with Crippen molar-refractivity contribution in [2.75, 3.05) is 12.0 Å². The first-order valence-corrected chi connectivity index (χ1v) is 10.7. The van der Waals surface area contributed by atoms with Crippen LogP contribution in [0.1, 0.15) is 28.8 Å². The van der Waals surface area contributed by atoms with Crippen LogP contribution in [-0.2, 0) is 0 Å². The van der Waals surface area contributed by atoms with E-state index in [0.717, 1.165) is 17.0 Å². The Labute approximate surface area is 176 Å². The minimum atomic E-state index is -0.326. The van der Waals surface area contributed by atoms with Crippen LogP contribution in [0.15, 0.2) is 59.3 Å². The minimum absolute atomic E-state index is 0.206. The van der Waals surface area contributed by atoms with Crippen LogP contribution in [0.3, 0.4) is 0 Å². The lowest BCUT2D eigenvalue weighted by molar-refractivity contribution is 0.0924. The molecule has 1 N–H and O–H groups in total. The van der Waals surface area contributed by atoms with Crippen molar-refractivity contribution in [1.82, 2.24) is 25.1 Å². The lowest BCUT2D eigenvalue weighted by atomic mass is 10.1. The van der Waals surface area contributed by atoms with Crippen molar-refractivity contribution in [3.05, 3.63) is 71.3 Å². The van der Waals surface area contributed by atoms with E-state index in [1.807, 2.05) is 47.2 Å². The first-order valence-electron chi connectivity index (χ1n) is 8.98. The van der Waals surface area contributed by atoms with Gasteiger partial charge in [-0.05, 0) is 54.8 Å². The molecule has 0 radical (unpaired) electrons. The fourth-order valence-corrected chi connectivity index (χ4v) is 3.56. The van der Waals surface area contributed by atoms with E-state index in [9.17, 15) is 4.79 Å². The molecule has 0 fully saturated rings. The molecule has 0 aliphatic carbocycles. The molecule has 29 heavy (non-hydrogen) atoms. The van der Waals surface area contributed by atoms with Crippen molar-refractivity contribution in [2.45, 2.75) is 12.5 Å². The second-order valence-corrected chi connectivity index (χ2v) is 7.80. The number of nitrogens with zero attached hydrogens (tertiary/aromatic N) is 4. The Morgan fingerprint density at radius 1 is 1.24 bits per heavy atom. The predicted octanol–water partition coefficient (Wildman–Crippen LogP) is 4.26. The summed E-state index contributed by atoms with van der Waals surface area (Å²) >= 11 is 7.62. The largest absolute Gasteiger partial charge is 0.355 e. The maximum Gasteiger partial charge on any atom is 0.274 e. The number of rotatable bonds is 7. The Bertz CT molecular complexity index is 1130. The van der Waals surface area contributed by atoms with Crippen LogP contribution < -0.4 is 5.32 Å². The summed E-state index contributed by atoms with van der Waals surface area (Å²) in [6, 6.07) is 14.1. The van der Waals surface area contributed by atoms with Gasteiger partial charge in [0.1, 0.15) is 0 Å². The summed E-state index contributed by atoms with van der Waals surface area (Å²) in [5, 5.41) is 16.0. The summed E-state index contributed by atoms with van der Waals surface area (Å²) in [4.78, 5) is 12.8. The lowest BCUT2D eigenvalue weighted by Gasteiger charge is -2.16. The van der Waals surface area contributed by atoms with Crippen molar-refractivity contribution in [3.63, 3.8) is 0 Å². The number of carbonyl (C=O) groups excluding carboxylic acids is 1. The molecule has 0 aliphatic heterocycles. The number of hydrogen-bond donors (Lipinski definition) is 1. The second-order valence-electron chi connectivity index (χ2n) is 6.38. The number of benzene rings is 1. The van der Waals surface area contributed by atoms with Gasteiger partial charge in [0.05, 0.1) is 6.04 Å². The molecule has 9 heteroatoms. The van der Waals surface area contributed by atoms with Crippen LogP contribution in [0.4, 0.5) is 0 Å². The first-order chi connectivity index (χ1) is 14.2. The fourth-order valence-electron chi connectivity index (χ4n) is 2.96. The molecule has 1 unspecified atom stereocenters. The smallest absolute Gasteiger partial charge is 0.274 e. The number of fused-ring (bicyclic) bond motifs is 1. The van der Waals surface area contributed by atoms with Crippen LogP contribution in [-0.4, -0.2) is 37.7 Å². The highest BCUT2D eigenvalue weighted by molar-refractivity contribution is 7.98. The van der Waals surface area contributed by atoms with Gasteiger partial charge in [0, 0.05) is 22.8 Å². The van der Waals surface area contributed by atoms with Gasteiger partial charge in [-0.3, -0.25) is 9.20 Å². The molecule has 4 aromatic rings. The average Bonchev–Trinajstić information content (AvgIpc) is 3.39. The fraction of sp³-hybridized carbons (Fsp3) is 0.200. The molecule has 1 atom stereocenters. The predicted molar refractivity (Wildman–Crippen MR) is 113 cm³/mol.